The molecule has 1 heterocycles. The molecule has 0 unspecified atom stereocenters. The van der Waals surface area contributed by atoms with E-state index < -0.39 is 0 Å². The fourth-order valence-electron chi connectivity index (χ4n) is 1.83. The van der Waals surface area contributed by atoms with Crippen LogP contribution in [0.5, 0.6) is 5.75 Å². The van der Waals surface area contributed by atoms with Gasteiger partial charge in [0.25, 0.3) is 0 Å². The first-order valence-electron chi connectivity index (χ1n) is 4.99. The highest BCUT2D eigenvalue weighted by Gasteiger charge is 2.23. The fourth-order valence-corrected chi connectivity index (χ4v) is 2.17. The summed E-state index contributed by atoms with van der Waals surface area (Å²) < 4.78 is 6.38. The number of halogens is 1. The van der Waals surface area contributed by atoms with Gasteiger partial charge in [0.15, 0.2) is 0 Å². The molecule has 1 aliphatic rings. The predicted molar refractivity (Wildman–Crippen MR) is 63.9 cm³/mol. The molecule has 3 nitrogen and oxygen atoms in total. The van der Waals surface area contributed by atoms with E-state index in [0.717, 1.165) is 29.9 Å². The molecule has 1 aliphatic heterocycles. The Kier molecular flexibility index (Phi) is 3.29. The molecule has 0 bridgehead atoms. The van der Waals surface area contributed by atoms with E-state index in [2.05, 4.69) is 26.9 Å². The van der Waals surface area contributed by atoms with Crippen molar-refractivity contribution in [2.45, 2.75) is 12.6 Å². The SMILES string of the molecule is COc1cc(Br)ccc1CN1CC(N)C1. The van der Waals surface area contributed by atoms with Crippen LogP contribution in [0.2, 0.25) is 0 Å². The summed E-state index contributed by atoms with van der Waals surface area (Å²) in [4.78, 5) is 2.32. The summed E-state index contributed by atoms with van der Waals surface area (Å²) in [6.45, 7) is 2.89. The lowest BCUT2D eigenvalue weighted by Crippen LogP contribution is -2.54. The molecule has 82 valence electrons. The van der Waals surface area contributed by atoms with Crippen molar-refractivity contribution in [3.8, 4) is 5.75 Å². The maximum absolute atomic E-state index is 5.74. The molecule has 15 heavy (non-hydrogen) atoms. The highest BCUT2D eigenvalue weighted by molar-refractivity contribution is 9.10. The maximum Gasteiger partial charge on any atom is 0.124 e. The molecule has 2 rings (SSSR count). The Hall–Kier alpha value is -0.580. The second kappa shape index (κ2) is 4.51. The third-order valence-corrected chi connectivity index (χ3v) is 3.12. The first-order chi connectivity index (χ1) is 7.19. The van der Waals surface area contributed by atoms with Gasteiger partial charge in [0.1, 0.15) is 5.75 Å². The van der Waals surface area contributed by atoms with Gasteiger partial charge in [-0.1, -0.05) is 22.0 Å². The number of nitrogens with zero attached hydrogens (tertiary/aromatic N) is 1. The van der Waals surface area contributed by atoms with Gasteiger partial charge in [-0.05, 0) is 12.1 Å². The number of nitrogens with two attached hydrogens (primary N) is 1. The van der Waals surface area contributed by atoms with E-state index in [0.29, 0.717) is 6.04 Å². The highest BCUT2D eigenvalue weighted by Crippen LogP contribution is 2.25. The van der Waals surface area contributed by atoms with Crippen LogP contribution >= 0.6 is 15.9 Å². The van der Waals surface area contributed by atoms with Gasteiger partial charge < -0.3 is 10.5 Å². The lowest BCUT2D eigenvalue weighted by atomic mass is 10.1. The monoisotopic (exact) mass is 270 g/mol. The van der Waals surface area contributed by atoms with Gasteiger partial charge in [0.05, 0.1) is 7.11 Å². The molecular formula is C11H15BrN2O. The van der Waals surface area contributed by atoms with Gasteiger partial charge in [-0.3, -0.25) is 4.90 Å². The van der Waals surface area contributed by atoms with Gasteiger partial charge in [0, 0.05) is 35.7 Å². The molecule has 0 aromatic heterocycles. The lowest BCUT2D eigenvalue weighted by Gasteiger charge is -2.37. The van der Waals surface area contributed by atoms with Crippen molar-refractivity contribution in [3.63, 3.8) is 0 Å². The maximum atomic E-state index is 5.74. The summed E-state index contributed by atoms with van der Waals surface area (Å²) in [7, 11) is 1.70. The molecule has 1 aromatic rings. The molecule has 0 radical (unpaired) electrons. The number of likely N-dealkylation sites (tertiary alicyclic amines) is 1. The smallest absolute Gasteiger partial charge is 0.124 e. The van der Waals surface area contributed by atoms with Crippen LogP contribution in [-0.4, -0.2) is 31.1 Å². The molecule has 0 aliphatic carbocycles. The van der Waals surface area contributed by atoms with Gasteiger partial charge in [-0.2, -0.15) is 0 Å². The second-order valence-electron chi connectivity index (χ2n) is 3.91. The predicted octanol–water partition coefficient (Wildman–Crippen LogP) is 1.60. The molecule has 1 aromatic carbocycles. The summed E-state index contributed by atoms with van der Waals surface area (Å²) in [6, 6.07) is 6.48. The van der Waals surface area contributed by atoms with Crippen molar-refractivity contribution in [3.05, 3.63) is 28.2 Å². The highest BCUT2D eigenvalue weighted by atomic mass is 79.9. The van der Waals surface area contributed by atoms with Crippen LogP contribution in [-0.2, 0) is 6.54 Å². The fraction of sp³-hybridized carbons (Fsp3) is 0.455. The van der Waals surface area contributed by atoms with Crippen LogP contribution in [0.25, 0.3) is 0 Å². The number of hydrogen-bond donors (Lipinski definition) is 1. The number of ether oxygens (including phenoxy) is 1. The summed E-state index contributed by atoms with van der Waals surface area (Å²) in [6.07, 6.45) is 0. The van der Waals surface area contributed by atoms with E-state index in [1.165, 1.54) is 5.56 Å². The van der Waals surface area contributed by atoms with E-state index in [1.54, 1.807) is 7.11 Å². The molecule has 0 amide bonds. The number of rotatable bonds is 3. The Labute approximate surface area is 98.3 Å². The van der Waals surface area contributed by atoms with Gasteiger partial charge >= 0.3 is 0 Å². The van der Waals surface area contributed by atoms with Gasteiger partial charge in [0.2, 0.25) is 0 Å². The minimum absolute atomic E-state index is 0.353. The second-order valence-corrected chi connectivity index (χ2v) is 4.83. The molecule has 1 fully saturated rings. The number of hydrogen-bond acceptors (Lipinski definition) is 3. The minimum Gasteiger partial charge on any atom is -0.496 e. The quantitative estimate of drug-likeness (QED) is 0.907. The Morgan fingerprint density at radius 2 is 2.27 bits per heavy atom. The Morgan fingerprint density at radius 3 is 2.87 bits per heavy atom. The molecular weight excluding hydrogens is 256 g/mol. The lowest BCUT2D eigenvalue weighted by molar-refractivity contribution is 0.141. The van der Waals surface area contributed by atoms with E-state index in [1.807, 2.05) is 12.1 Å². The van der Waals surface area contributed by atoms with E-state index in [-0.39, 0.29) is 0 Å². The molecule has 0 atom stereocenters. The van der Waals surface area contributed by atoms with Crippen molar-refractivity contribution in [2.75, 3.05) is 20.2 Å². The third-order valence-electron chi connectivity index (χ3n) is 2.63. The largest absolute Gasteiger partial charge is 0.496 e. The standard InChI is InChI=1S/C11H15BrN2O/c1-15-11-4-9(12)3-2-8(11)5-14-6-10(13)7-14/h2-4,10H,5-7,13H2,1H3. The van der Waals surface area contributed by atoms with Gasteiger partial charge in [-0.15, -0.1) is 0 Å². The first-order valence-corrected chi connectivity index (χ1v) is 5.78. The van der Waals surface area contributed by atoms with E-state index >= 15 is 0 Å². The molecule has 4 heteroatoms. The van der Waals surface area contributed by atoms with Crippen molar-refractivity contribution in [1.29, 1.82) is 0 Å². The van der Waals surface area contributed by atoms with Crippen molar-refractivity contribution in [2.24, 2.45) is 5.73 Å². The van der Waals surface area contributed by atoms with Crippen LogP contribution in [0.3, 0.4) is 0 Å². The summed E-state index contributed by atoms with van der Waals surface area (Å²) >= 11 is 3.43. The normalized spacial score (nSPS) is 17.5. The molecule has 1 saturated heterocycles. The van der Waals surface area contributed by atoms with Crippen LogP contribution in [0.4, 0.5) is 0 Å². The van der Waals surface area contributed by atoms with E-state index in [4.69, 9.17) is 10.5 Å². The summed E-state index contributed by atoms with van der Waals surface area (Å²) in [5, 5.41) is 0. The number of methoxy groups -OCH3 is 1. The minimum atomic E-state index is 0.353. The molecule has 0 saturated carbocycles. The Morgan fingerprint density at radius 1 is 1.53 bits per heavy atom. The van der Waals surface area contributed by atoms with Crippen LogP contribution in [0.1, 0.15) is 5.56 Å². The van der Waals surface area contributed by atoms with E-state index in [9.17, 15) is 0 Å². The average Bonchev–Trinajstić information content (AvgIpc) is 2.18. The molecule has 2 N–H and O–H groups in total. The Balaban J connectivity index is 2.07. The van der Waals surface area contributed by atoms with Crippen molar-refractivity contribution < 1.29 is 4.74 Å². The average molecular weight is 271 g/mol. The van der Waals surface area contributed by atoms with Crippen molar-refractivity contribution in [1.82, 2.24) is 4.90 Å². The zero-order valence-corrected chi connectivity index (χ0v) is 10.3. The van der Waals surface area contributed by atoms with Crippen molar-refractivity contribution >= 4 is 15.9 Å². The topological polar surface area (TPSA) is 38.5 Å². The van der Waals surface area contributed by atoms with Crippen LogP contribution in [0, 0.1) is 0 Å². The van der Waals surface area contributed by atoms with Crippen LogP contribution in [0.15, 0.2) is 22.7 Å². The molecule has 0 spiro atoms. The first kappa shape index (κ1) is 10.9. The Bertz CT molecular complexity index is 350. The third kappa shape index (κ3) is 2.51. The summed E-state index contributed by atoms with van der Waals surface area (Å²) in [5.74, 6) is 0.935. The van der Waals surface area contributed by atoms with Crippen LogP contribution < -0.4 is 10.5 Å². The summed E-state index contributed by atoms with van der Waals surface area (Å²) in [5.41, 5.74) is 6.95. The van der Waals surface area contributed by atoms with Gasteiger partial charge in [-0.25, -0.2) is 0 Å². The number of benzene rings is 1. The zero-order chi connectivity index (χ0) is 10.8. The zero-order valence-electron chi connectivity index (χ0n) is 8.74.